The zero-order valence-electron chi connectivity index (χ0n) is 9.95. The summed E-state index contributed by atoms with van der Waals surface area (Å²) in [5, 5.41) is 12.0. The second kappa shape index (κ2) is 5.30. The van der Waals surface area contributed by atoms with Crippen LogP contribution in [0.4, 0.5) is 0 Å². The average Bonchev–Trinajstić information content (AvgIpc) is 2.26. The third-order valence-electron chi connectivity index (χ3n) is 3.32. The summed E-state index contributed by atoms with van der Waals surface area (Å²) in [4.78, 5) is 24.5. The van der Waals surface area contributed by atoms with E-state index in [0.29, 0.717) is 38.9 Å². The smallest absolute Gasteiger partial charge is 0.309 e. The van der Waals surface area contributed by atoms with Gasteiger partial charge in [0.15, 0.2) is 0 Å². The highest BCUT2D eigenvalue weighted by Crippen LogP contribution is 2.31. The molecule has 0 radical (unpaired) electrons. The SMILES string of the molecule is CNCCC(=O)N1CCC(C)(C(=O)O)CC1. The van der Waals surface area contributed by atoms with Crippen molar-refractivity contribution in [3.8, 4) is 0 Å². The molecule has 0 aromatic heterocycles. The van der Waals surface area contributed by atoms with Crippen molar-refractivity contribution >= 4 is 11.9 Å². The number of amides is 1. The Kier molecular flexibility index (Phi) is 4.29. The molecule has 1 fully saturated rings. The molecule has 1 amide bonds. The van der Waals surface area contributed by atoms with Crippen LogP contribution in [0.2, 0.25) is 0 Å². The van der Waals surface area contributed by atoms with Crippen LogP contribution in [-0.2, 0) is 9.59 Å². The molecule has 1 saturated heterocycles. The molecule has 0 atom stereocenters. The number of carboxylic acid groups (broad SMARTS) is 1. The number of piperidine rings is 1. The van der Waals surface area contributed by atoms with E-state index < -0.39 is 11.4 Å². The number of hydrogen-bond acceptors (Lipinski definition) is 3. The van der Waals surface area contributed by atoms with Gasteiger partial charge in [-0.1, -0.05) is 0 Å². The molecular formula is C11H20N2O3. The van der Waals surface area contributed by atoms with Crippen molar-refractivity contribution in [1.29, 1.82) is 0 Å². The van der Waals surface area contributed by atoms with E-state index in [-0.39, 0.29) is 5.91 Å². The van der Waals surface area contributed by atoms with Gasteiger partial charge in [-0.15, -0.1) is 0 Å². The van der Waals surface area contributed by atoms with Gasteiger partial charge < -0.3 is 15.3 Å². The van der Waals surface area contributed by atoms with Crippen LogP contribution < -0.4 is 5.32 Å². The Labute approximate surface area is 95.8 Å². The lowest BCUT2D eigenvalue weighted by Gasteiger charge is -2.36. The quantitative estimate of drug-likeness (QED) is 0.726. The number of hydrogen-bond donors (Lipinski definition) is 2. The summed E-state index contributed by atoms with van der Waals surface area (Å²) < 4.78 is 0. The third-order valence-corrected chi connectivity index (χ3v) is 3.32. The molecule has 0 unspecified atom stereocenters. The van der Waals surface area contributed by atoms with Crippen molar-refractivity contribution in [2.45, 2.75) is 26.2 Å². The summed E-state index contributed by atoms with van der Waals surface area (Å²) in [7, 11) is 1.81. The predicted molar refractivity (Wildman–Crippen MR) is 60.1 cm³/mol. The van der Waals surface area contributed by atoms with Crippen LogP contribution >= 0.6 is 0 Å². The fraction of sp³-hybridized carbons (Fsp3) is 0.818. The highest BCUT2D eigenvalue weighted by molar-refractivity contribution is 5.78. The van der Waals surface area contributed by atoms with Gasteiger partial charge in [0.1, 0.15) is 0 Å². The Morgan fingerprint density at radius 3 is 2.38 bits per heavy atom. The second-order valence-corrected chi connectivity index (χ2v) is 4.60. The molecule has 0 saturated carbocycles. The first-order valence-electron chi connectivity index (χ1n) is 5.65. The number of carbonyl (C=O) groups is 2. The maximum atomic E-state index is 11.7. The monoisotopic (exact) mass is 228 g/mol. The Hall–Kier alpha value is -1.10. The van der Waals surface area contributed by atoms with Crippen molar-refractivity contribution in [2.24, 2.45) is 5.41 Å². The number of aliphatic carboxylic acids is 1. The van der Waals surface area contributed by atoms with Gasteiger partial charge in [-0.05, 0) is 26.8 Å². The molecule has 16 heavy (non-hydrogen) atoms. The summed E-state index contributed by atoms with van der Waals surface area (Å²) in [6, 6.07) is 0. The number of carboxylic acids is 1. The van der Waals surface area contributed by atoms with Crippen LogP contribution in [0, 0.1) is 5.41 Å². The number of carbonyl (C=O) groups excluding carboxylic acids is 1. The van der Waals surface area contributed by atoms with E-state index >= 15 is 0 Å². The molecule has 0 spiro atoms. The highest BCUT2D eigenvalue weighted by atomic mass is 16.4. The van der Waals surface area contributed by atoms with Gasteiger partial charge in [0.25, 0.3) is 0 Å². The zero-order chi connectivity index (χ0) is 12.2. The first-order valence-corrected chi connectivity index (χ1v) is 5.65. The minimum Gasteiger partial charge on any atom is -0.481 e. The minimum atomic E-state index is -0.755. The number of nitrogens with one attached hydrogen (secondary N) is 1. The normalized spacial score (nSPS) is 19.5. The molecule has 1 heterocycles. The van der Waals surface area contributed by atoms with Crippen LogP contribution in [0.5, 0.6) is 0 Å². The lowest BCUT2D eigenvalue weighted by atomic mass is 9.80. The molecule has 0 bridgehead atoms. The second-order valence-electron chi connectivity index (χ2n) is 4.60. The maximum Gasteiger partial charge on any atom is 0.309 e. The van der Waals surface area contributed by atoms with E-state index in [1.54, 1.807) is 11.8 Å². The standard InChI is InChI=1S/C11H20N2O3/c1-11(10(15)16)4-7-13(8-5-11)9(14)3-6-12-2/h12H,3-8H2,1-2H3,(H,15,16). The van der Waals surface area contributed by atoms with Gasteiger partial charge in [-0.3, -0.25) is 9.59 Å². The van der Waals surface area contributed by atoms with Gasteiger partial charge in [0.2, 0.25) is 5.91 Å². The summed E-state index contributed by atoms with van der Waals surface area (Å²) in [5.41, 5.74) is -0.653. The number of nitrogens with zero attached hydrogens (tertiary/aromatic N) is 1. The fourth-order valence-corrected chi connectivity index (χ4v) is 1.85. The first-order chi connectivity index (χ1) is 7.49. The van der Waals surface area contributed by atoms with Gasteiger partial charge in [0, 0.05) is 26.1 Å². The minimum absolute atomic E-state index is 0.113. The van der Waals surface area contributed by atoms with E-state index in [1.165, 1.54) is 0 Å². The van der Waals surface area contributed by atoms with E-state index in [1.807, 2.05) is 7.05 Å². The Morgan fingerprint density at radius 1 is 1.38 bits per heavy atom. The topological polar surface area (TPSA) is 69.6 Å². The molecule has 0 aliphatic carbocycles. The lowest BCUT2D eigenvalue weighted by molar-refractivity contribution is -0.153. The zero-order valence-corrected chi connectivity index (χ0v) is 9.95. The summed E-state index contributed by atoms with van der Waals surface area (Å²) in [6.45, 7) is 3.55. The van der Waals surface area contributed by atoms with Crippen molar-refractivity contribution in [2.75, 3.05) is 26.7 Å². The highest BCUT2D eigenvalue weighted by Gasteiger charge is 2.37. The van der Waals surface area contributed by atoms with E-state index in [9.17, 15) is 9.59 Å². The first kappa shape index (κ1) is 13.0. The molecule has 2 N–H and O–H groups in total. The van der Waals surface area contributed by atoms with Crippen LogP contribution in [0.3, 0.4) is 0 Å². The van der Waals surface area contributed by atoms with Crippen LogP contribution in [0.1, 0.15) is 26.2 Å². The lowest BCUT2D eigenvalue weighted by Crippen LogP contribution is -2.45. The summed E-state index contributed by atoms with van der Waals surface area (Å²) in [6.07, 6.45) is 1.58. The van der Waals surface area contributed by atoms with Crippen molar-refractivity contribution in [3.05, 3.63) is 0 Å². The summed E-state index contributed by atoms with van der Waals surface area (Å²) >= 11 is 0. The maximum absolute atomic E-state index is 11.7. The van der Waals surface area contributed by atoms with Gasteiger partial charge in [0.05, 0.1) is 5.41 Å². The Balaban J connectivity index is 2.42. The van der Waals surface area contributed by atoms with Crippen molar-refractivity contribution in [3.63, 3.8) is 0 Å². The molecule has 5 heteroatoms. The molecule has 0 aromatic rings. The molecule has 1 aliphatic rings. The molecule has 5 nitrogen and oxygen atoms in total. The molecule has 0 aromatic carbocycles. The number of rotatable bonds is 4. The summed E-state index contributed by atoms with van der Waals surface area (Å²) in [5.74, 6) is -0.642. The van der Waals surface area contributed by atoms with Crippen LogP contribution in [0.15, 0.2) is 0 Å². The largest absolute Gasteiger partial charge is 0.481 e. The molecular weight excluding hydrogens is 208 g/mol. The van der Waals surface area contributed by atoms with Crippen LogP contribution in [-0.4, -0.2) is 48.6 Å². The molecule has 1 aliphatic heterocycles. The van der Waals surface area contributed by atoms with Gasteiger partial charge in [-0.2, -0.15) is 0 Å². The van der Waals surface area contributed by atoms with Crippen molar-refractivity contribution in [1.82, 2.24) is 10.2 Å². The van der Waals surface area contributed by atoms with Crippen LogP contribution in [0.25, 0.3) is 0 Å². The van der Waals surface area contributed by atoms with E-state index in [2.05, 4.69) is 5.32 Å². The fourth-order valence-electron chi connectivity index (χ4n) is 1.85. The Morgan fingerprint density at radius 2 is 1.94 bits per heavy atom. The van der Waals surface area contributed by atoms with Crippen molar-refractivity contribution < 1.29 is 14.7 Å². The van der Waals surface area contributed by atoms with E-state index in [0.717, 1.165) is 0 Å². The third kappa shape index (κ3) is 2.95. The Bertz CT molecular complexity index is 270. The average molecular weight is 228 g/mol. The van der Waals surface area contributed by atoms with Gasteiger partial charge >= 0.3 is 5.97 Å². The van der Waals surface area contributed by atoms with E-state index in [4.69, 9.17) is 5.11 Å². The number of likely N-dealkylation sites (tertiary alicyclic amines) is 1. The van der Waals surface area contributed by atoms with Gasteiger partial charge in [-0.25, -0.2) is 0 Å². The molecule has 92 valence electrons. The molecule has 1 rings (SSSR count). The predicted octanol–water partition coefficient (Wildman–Crippen LogP) is 0.309.